The van der Waals surface area contributed by atoms with E-state index in [0.717, 1.165) is 16.8 Å². The third kappa shape index (κ3) is 3.26. The van der Waals surface area contributed by atoms with Gasteiger partial charge in [0.05, 0.1) is 5.69 Å². The predicted octanol–water partition coefficient (Wildman–Crippen LogP) is 4.45. The van der Waals surface area contributed by atoms with Crippen LogP contribution in [0.3, 0.4) is 0 Å². The van der Waals surface area contributed by atoms with Gasteiger partial charge in [0.15, 0.2) is 6.61 Å². The van der Waals surface area contributed by atoms with Crippen LogP contribution in [0.25, 0.3) is 22.8 Å². The number of carbonyl (C=O) groups excluding carboxylic acids is 1. The minimum absolute atomic E-state index is 0.0557. The zero-order valence-electron chi connectivity index (χ0n) is 16.5. The lowest BCUT2D eigenvalue weighted by atomic mass is 9.87. The van der Waals surface area contributed by atoms with Gasteiger partial charge in [0.1, 0.15) is 5.75 Å². The largest absolute Gasteiger partial charge is 0.482 e. The van der Waals surface area contributed by atoms with Crippen LogP contribution in [0.15, 0.2) is 47.0 Å². The van der Waals surface area contributed by atoms with Crippen molar-refractivity contribution in [2.45, 2.75) is 33.1 Å². The van der Waals surface area contributed by atoms with Crippen LogP contribution in [0.5, 0.6) is 5.75 Å². The molecule has 6 heteroatoms. The minimum atomic E-state index is -0.0557. The van der Waals surface area contributed by atoms with Crippen LogP contribution in [0.4, 0.5) is 5.69 Å². The molecule has 2 aromatic carbocycles. The molecule has 0 fully saturated rings. The smallest absolute Gasteiger partial charge is 0.265 e. The standard InChI is InChI=1S/C22H23N3O3/c1-5-25-17-12-15(8-11-18(17)27-13-19(25)26)20-23-21(28-24-20)14-6-9-16(10-7-14)22(2,3)4/h6-12H,5,13H2,1-4H3. The summed E-state index contributed by atoms with van der Waals surface area (Å²) in [4.78, 5) is 18.3. The van der Waals surface area contributed by atoms with Crippen molar-refractivity contribution in [3.05, 3.63) is 48.0 Å². The van der Waals surface area contributed by atoms with Gasteiger partial charge in [-0.3, -0.25) is 4.79 Å². The van der Waals surface area contributed by atoms with Gasteiger partial charge >= 0.3 is 0 Å². The number of nitrogens with zero attached hydrogens (tertiary/aromatic N) is 3. The second-order valence-electron chi connectivity index (χ2n) is 7.86. The molecule has 0 spiro atoms. The van der Waals surface area contributed by atoms with Crippen molar-refractivity contribution in [3.63, 3.8) is 0 Å². The number of carbonyl (C=O) groups is 1. The molecule has 28 heavy (non-hydrogen) atoms. The molecule has 0 N–H and O–H groups in total. The van der Waals surface area contributed by atoms with Gasteiger partial charge in [0.25, 0.3) is 11.8 Å². The Labute approximate surface area is 164 Å². The number of hydrogen-bond acceptors (Lipinski definition) is 5. The molecule has 6 nitrogen and oxygen atoms in total. The minimum Gasteiger partial charge on any atom is -0.482 e. The Morgan fingerprint density at radius 3 is 2.46 bits per heavy atom. The van der Waals surface area contributed by atoms with E-state index >= 15 is 0 Å². The van der Waals surface area contributed by atoms with E-state index in [0.29, 0.717) is 24.0 Å². The van der Waals surface area contributed by atoms with Crippen molar-refractivity contribution in [1.29, 1.82) is 0 Å². The summed E-state index contributed by atoms with van der Waals surface area (Å²) < 4.78 is 11.0. The maximum absolute atomic E-state index is 12.1. The fourth-order valence-corrected chi connectivity index (χ4v) is 3.26. The number of anilines is 1. The molecule has 0 saturated heterocycles. The number of benzene rings is 2. The van der Waals surface area contributed by atoms with E-state index in [9.17, 15) is 4.79 Å². The normalized spacial score (nSPS) is 14.0. The van der Waals surface area contributed by atoms with Crippen LogP contribution in [0.1, 0.15) is 33.3 Å². The molecule has 1 aliphatic heterocycles. The molecule has 4 rings (SSSR count). The lowest BCUT2D eigenvalue weighted by Gasteiger charge is -2.28. The molecule has 0 aliphatic carbocycles. The van der Waals surface area contributed by atoms with Gasteiger partial charge in [-0.25, -0.2) is 0 Å². The molecule has 1 aromatic heterocycles. The third-order valence-corrected chi connectivity index (χ3v) is 4.90. The molecular weight excluding hydrogens is 354 g/mol. The first kappa shape index (κ1) is 18.2. The fourth-order valence-electron chi connectivity index (χ4n) is 3.26. The summed E-state index contributed by atoms with van der Waals surface area (Å²) in [5, 5.41) is 4.12. The van der Waals surface area contributed by atoms with Gasteiger partial charge < -0.3 is 14.2 Å². The molecule has 0 saturated carbocycles. The SMILES string of the molecule is CCN1C(=O)COc2ccc(-c3noc(-c4ccc(C(C)(C)C)cc4)n3)cc21. The predicted molar refractivity (Wildman–Crippen MR) is 107 cm³/mol. The maximum atomic E-state index is 12.1. The number of hydrogen-bond donors (Lipinski definition) is 0. The topological polar surface area (TPSA) is 68.5 Å². The number of likely N-dealkylation sites (N-methyl/N-ethyl adjacent to an activating group) is 1. The zero-order valence-corrected chi connectivity index (χ0v) is 16.5. The second kappa shape index (κ2) is 6.78. The monoisotopic (exact) mass is 377 g/mol. The molecule has 3 aromatic rings. The van der Waals surface area contributed by atoms with Crippen LogP contribution >= 0.6 is 0 Å². The number of rotatable bonds is 3. The van der Waals surface area contributed by atoms with Gasteiger partial charge in [-0.2, -0.15) is 4.98 Å². The Morgan fingerprint density at radius 2 is 1.79 bits per heavy atom. The highest BCUT2D eigenvalue weighted by Crippen LogP contribution is 2.35. The Balaban J connectivity index is 1.65. The average molecular weight is 377 g/mol. The van der Waals surface area contributed by atoms with Crippen LogP contribution < -0.4 is 9.64 Å². The van der Waals surface area contributed by atoms with Crippen molar-refractivity contribution in [3.8, 4) is 28.6 Å². The van der Waals surface area contributed by atoms with Gasteiger partial charge in [-0.05, 0) is 48.2 Å². The highest BCUT2D eigenvalue weighted by atomic mass is 16.5. The van der Waals surface area contributed by atoms with E-state index in [4.69, 9.17) is 9.26 Å². The van der Waals surface area contributed by atoms with E-state index in [1.54, 1.807) is 4.90 Å². The number of amides is 1. The quantitative estimate of drug-likeness (QED) is 0.675. The van der Waals surface area contributed by atoms with Gasteiger partial charge in [0.2, 0.25) is 5.82 Å². The zero-order chi connectivity index (χ0) is 19.9. The van der Waals surface area contributed by atoms with Gasteiger partial charge in [0, 0.05) is 17.7 Å². The molecular formula is C22H23N3O3. The molecule has 1 amide bonds. The van der Waals surface area contributed by atoms with Gasteiger partial charge in [-0.1, -0.05) is 38.1 Å². The average Bonchev–Trinajstić information content (AvgIpc) is 3.17. The summed E-state index contributed by atoms with van der Waals surface area (Å²) in [5.41, 5.74) is 3.72. The molecule has 2 heterocycles. The summed E-state index contributed by atoms with van der Waals surface area (Å²) in [6.45, 7) is 9.12. The highest BCUT2D eigenvalue weighted by Gasteiger charge is 2.25. The Bertz CT molecular complexity index is 1020. The Hall–Kier alpha value is -3.15. The Morgan fingerprint density at radius 1 is 1.07 bits per heavy atom. The van der Waals surface area contributed by atoms with Crippen molar-refractivity contribution in [2.24, 2.45) is 0 Å². The first-order valence-corrected chi connectivity index (χ1v) is 9.39. The third-order valence-electron chi connectivity index (χ3n) is 4.90. The molecule has 0 atom stereocenters. The summed E-state index contributed by atoms with van der Waals surface area (Å²) in [6.07, 6.45) is 0. The summed E-state index contributed by atoms with van der Waals surface area (Å²) in [5.74, 6) is 1.58. The molecule has 0 bridgehead atoms. The first-order valence-electron chi connectivity index (χ1n) is 9.39. The first-order chi connectivity index (χ1) is 13.4. The van der Waals surface area contributed by atoms with Crippen molar-refractivity contribution in [1.82, 2.24) is 10.1 Å². The molecule has 144 valence electrons. The van der Waals surface area contributed by atoms with E-state index in [2.05, 4.69) is 43.0 Å². The van der Waals surface area contributed by atoms with Crippen LogP contribution in [-0.2, 0) is 10.2 Å². The van der Waals surface area contributed by atoms with E-state index in [1.165, 1.54) is 5.56 Å². The molecule has 1 aliphatic rings. The molecule has 0 radical (unpaired) electrons. The van der Waals surface area contributed by atoms with Crippen LogP contribution in [-0.4, -0.2) is 29.2 Å². The van der Waals surface area contributed by atoms with Crippen molar-refractivity contribution < 1.29 is 14.1 Å². The number of fused-ring (bicyclic) bond motifs is 1. The van der Waals surface area contributed by atoms with Gasteiger partial charge in [-0.15, -0.1) is 0 Å². The second-order valence-corrected chi connectivity index (χ2v) is 7.86. The number of ether oxygens (including phenoxy) is 1. The summed E-state index contributed by atoms with van der Waals surface area (Å²) >= 11 is 0. The van der Waals surface area contributed by atoms with Crippen LogP contribution in [0, 0.1) is 0 Å². The van der Waals surface area contributed by atoms with E-state index in [-0.39, 0.29) is 17.9 Å². The van der Waals surface area contributed by atoms with Crippen molar-refractivity contribution >= 4 is 11.6 Å². The van der Waals surface area contributed by atoms with E-state index in [1.807, 2.05) is 37.3 Å². The Kier molecular flexibility index (Phi) is 4.41. The maximum Gasteiger partial charge on any atom is 0.265 e. The van der Waals surface area contributed by atoms with E-state index < -0.39 is 0 Å². The fraction of sp³-hybridized carbons (Fsp3) is 0.318. The molecule has 0 unspecified atom stereocenters. The highest BCUT2D eigenvalue weighted by molar-refractivity contribution is 5.98. The van der Waals surface area contributed by atoms with Crippen molar-refractivity contribution in [2.75, 3.05) is 18.1 Å². The summed E-state index contributed by atoms with van der Waals surface area (Å²) in [6, 6.07) is 13.7. The number of aromatic nitrogens is 2. The summed E-state index contributed by atoms with van der Waals surface area (Å²) in [7, 11) is 0. The lowest BCUT2D eigenvalue weighted by molar-refractivity contribution is -0.121. The van der Waals surface area contributed by atoms with Crippen LogP contribution in [0.2, 0.25) is 0 Å². The lowest BCUT2D eigenvalue weighted by Crippen LogP contribution is -2.38.